The average Bonchev–Trinajstić information content (AvgIpc) is 2.70. The van der Waals surface area contributed by atoms with Crippen LogP contribution in [0.3, 0.4) is 0 Å². The van der Waals surface area contributed by atoms with E-state index < -0.39 is 53.3 Å². The Morgan fingerprint density at radius 2 is 1.59 bits per heavy atom. The third-order valence-electron chi connectivity index (χ3n) is 4.48. The van der Waals surface area contributed by atoms with E-state index in [1.54, 1.807) is 0 Å². The maximum Gasteiger partial charge on any atom is 0.243 e. The number of carbonyl (C=O) groups excluding carboxylic acids is 5. The van der Waals surface area contributed by atoms with Gasteiger partial charge in [-0.05, 0) is 24.3 Å². The SMILES string of the molecule is CC(=O)N[C@@H](CC(C)C)C(=O)N[C@@H](CC(N)=O)C(=O)NCC(=O)[C@@H](Cl)Cc1ccccc1. The number of halogens is 1. The van der Waals surface area contributed by atoms with Crippen LogP contribution in [0, 0.1) is 5.92 Å². The van der Waals surface area contributed by atoms with Crippen molar-refractivity contribution < 1.29 is 24.0 Å². The molecule has 0 heterocycles. The number of primary amides is 1. The monoisotopic (exact) mass is 466 g/mol. The van der Waals surface area contributed by atoms with Crippen LogP contribution in [0.5, 0.6) is 0 Å². The van der Waals surface area contributed by atoms with Gasteiger partial charge >= 0.3 is 0 Å². The average molecular weight is 467 g/mol. The summed E-state index contributed by atoms with van der Waals surface area (Å²) >= 11 is 6.15. The van der Waals surface area contributed by atoms with Gasteiger partial charge in [0.2, 0.25) is 23.6 Å². The molecule has 32 heavy (non-hydrogen) atoms. The molecule has 0 radical (unpaired) electrons. The Hall–Kier alpha value is -2.94. The normalized spacial score (nSPS) is 13.5. The third-order valence-corrected chi connectivity index (χ3v) is 4.88. The second-order valence-corrected chi connectivity index (χ2v) is 8.48. The van der Waals surface area contributed by atoms with Gasteiger partial charge in [-0.15, -0.1) is 11.6 Å². The van der Waals surface area contributed by atoms with E-state index in [0.717, 1.165) is 5.56 Å². The molecular weight excluding hydrogens is 436 g/mol. The Labute approximate surface area is 192 Å². The summed E-state index contributed by atoms with van der Waals surface area (Å²) in [4.78, 5) is 60.3. The van der Waals surface area contributed by atoms with Crippen LogP contribution in [0.4, 0.5) is 0 Å². The van der Waals surface area contributed by atoms with Crippen molar-refractivity contribution in [1.82, 2.24) is 16.0 Å². The Bertz CT molecular complexity index is 816. The van der Waals surface area contributed by atoms with Crippen molar-refractivity contribution in [1.29, 1.82) is 0 Å². The standard InChI is InChI=1S/C22H31ClN4O5/c1-13(2)9-17(26-14(3)28)22(32)27-18(11-20(24)30)21(31)25-12-19(29)16(23)10-15-7-5-4-6-8-15/h4-8,13,16-18H,9-12H2,1-3H3,(H2,24,30)(H,25,31)(H,26,28)(H,27,32)/t16-,17-,18-/m0/s1. The van der Waals surface area contributed by atoms with Crippen LogP contribution in [-0.2, 0) is 30.4 Å². The van der Waals surface area contributed by atoms with Crippen LogP contribution < -0.4 is 21.7 Å². The number of nitrogens with one attached hydrogen (secondary N) is 3. The first-order valence-corrected chi connectivity index (χ1v) is 10.8. The molecule has 0 aliphatic heterocycles. The van der Waals surface area contributed by atoms with Crippen LogP contribution in [-0.4, -0.2) is 53.4 Å². The van der Waals surface area contributed by atoms with E-state index in [2.05, 4.69) is 16.0 Å². The molecule has 0 saturated carbocycles. The van der Waals surface area contributed by atoms with Crippen molar-refractivity contribution in [2.75, 3.05) is 6.54 Å². The summed E-state index contributed by atoms with van der Waals surface area (Å²) in [6, 6.07) is 7.00. The Balaban J connectivity index is 2.73. The zero-order valence-corrected chi connectivity index (χ0v) is 19.3. The van der Waals surface area contributed by atoms with Gasteiger partial charge in [0.15, 0.2) is 5.78 Å². The Morgan fingerprint density at radius 1 is 0.969 bits per heavy atom. The lowest BCUT2D eigenvalue weighted by atomic mass is 10.0. The van der Waals surface area contributed by atoms with Crippen LogP contribution in [0.1, 0.15) is 39.2 Å². The van der Waals surface area contributed by atoms with Gasteiger partial charge in [-0.2, -0.15) is 0 Å². The van der Waals surface area contributed by atoms with E-state index >= 15 is 0 Å². The molecule has 0 bridgehead atoms. The highest BCUT2D eigenvalue weighted by Gasteiger charge is 2.28. The first kappa shape index (κ1) is 27.1. The fourth-order valence-electron chi connectivity index (χ4n) is 2.97. The molecule has 0 fully saturated rings. The molecule has 5 N–H and O–H groups in total. The second kappa shape index (κ2) is 13.5. The quantitative estimate of drug-likeness (QED) is 0.311. The zero-order valence-electron chi connectivity index (χ0n) is 18.5. The fraction of sp³-hybridized carbons (Fsp3) is 0.500. The minimum Gasteiger partial charge on any atom is -0.370 e. The summed E-state index contributed by atoms with van der Waals surface area (Å²) < 4.78 is 0. The van der Waals surface area contributed by atoms with Gasteiger partial charge in [0.25, 0.3) is 0 Å². The minimum absolute atomic E-state index is 0.0870. The summed E-state index contributed by atoms with van der Waals surface area (Å²) in [5.74, 6) is -2.91. The molecule has 176 valence electrons. The van der Waals surface area contributed by atoms with E-state index in [4.69, 9.17) is 17.3 Å². The van der Waals surface area contributed by atoms with Crippen LogP contribution in [0.25, 0.3) is 0 Å². The molecule has 0 unspecified atom stereocenters. The molecule has 0 saturated heterocycles. The van der Waals surface area contributed by atoms with Gasteiger partial charge in [0.1, 0.15) is 12.1 Å². The van der Waals surface area contributed by atoms with Gasteiger partial charge in [0, 0.05) is 6.92 Å². The molecule has 1 aromatic carbocycles. The summed E-state index contributed by atoms with van der Waals surface area (Å²) in [5, 5.41) is 6.52. The highest BCUT2D eigenvalue weighted by molar-refractivity contribution is 6.31. The summed E-state index contributed by atoms with van der Waals surface area (Å²) in [5.41, 5.74) is 6.08. The predicted octanol–water partition coefficient (Wildman–Crippen LogP) is 0.433. The van der Waals surface area contributed by atoms with Crippen molar-refractivity contribution in [2.45, 2.75) is 57.5 Å². The first-order valence-electron chi connectivity index (χ1n) is 10.3. The Morgan fingerprint density at radius 3 is 2.12 bits per heavy atom. The van der Waals surface area contributed by atoms with Gasteiger partial charge in [-0.1, -0.05) is 44.2 Å². The number of carbonyl (C=O) groups is 5. The lowest BCUT2D eigenvalue weighted by molar-refractivity contribution is -0.133. The van der Waals surface area contributed by atoms with Gasteiger partial charge in [-0.25, -0.2) is 0 Å². The molecule has 10 heteroatoms. The maximum absolute atomic E-state index is 12.6. The molecule has 1 aromatic rings. The van der Waals surface area contributed by atoms with Crippen molar-refractivity contribution >= 4 is 41.0 Å². The van der Waals surface area contributed by atoms with Crippen molar-refractivity contribution in [3.8, 4) is 0 Å². The van der Waals surface area contributed by atoms with Gasteiger partial charge in [-0.3, -0.25) is 24.0 Å². The highest BCUT2D eigenvalue weighted by Crippen LogP contribution is 2.09. The number of nitrogens with two attached hydrogens (primary N) is 1. The summed E-state index contributed by atoms with van der Waals surface area (Å²) in [6.07, 6.45) is 0.170. The number of hydrogen-bond donors (Lipinski definition) is 4. The highest BCUT2D eigenvalue weighted by atomic mass is 35.5. The topological polar surface area (TPSA) is 147 Å². The van der Waals surface area contributed by atoms with Crippen LogP contribution >= 0.6 is 11.6 Å². The van der Waals surface area contributed by atoms with Crippen molar-refractivity contribution in [3.63, 3.8) is 0 Å². The number of benzene rings is 1. The van der Waals surface area contributed by atoms with E-state index in [9.17, 15) is 24.0 Å². The molecule has 0 spiro atoms. The number of amides is 4. The molecule has 0 aliphatic carbocycles. The van der Waals surface area contributed by atoms with E-state index in [-0.39, 0.29) is 12.5 Å². The molecule has 0 aromatic heterocycles. The number of alkyl halides is 1. The van der Waals surface area contributed by atoms with Crippen molar-refractivity contribution in [3.05, 3.63) is 35.9 Å². The number of Topliss-reactive ketones (excluding diaryl/α,β-unsaturated/α-hetero) is 1. The number of hydrogen-bond acceptors (Lipinski definition) is 5. The smallest absolute Gasteiger partial charge is 0.243 e. The lowest BCUT2D eigenvalue weighted by Gasteiger charge is -2.23. The third kappa shape index (κ3) is 10.4. The molecule has 4 amide bonds. The van der Waals surface area contributed by atoms with Crippen LogP contribution in [0.15, 0.2) is 30.3 Å². The van der Waals surface area contributed by atoms with Crippen molar-refractivity contribution in [2.24, 2.45) is 11.7 Å². The fourth-order valence-corrected chi connectivity index (χ4v) is 3.23. The molecular formula is C22H31ClN4O5. The molecule has 0 aliphatic rings. The maximum atomic E-state index is 12.6. The second-order valence-electron chi connectivity index (χ2n) is 7.96. The summed E-state index contributed by atoms with van der Waals surface area (Å²) in [7, 11) is 0. The Kier molecular flexibility index (Phi) is 11.4. The number of rotatable bonds is 13. The van der Waals surface area contributed by atoms with E-state index in [1.807, 2.05) is 44.2 Å². The molecule has 3 atom stereocenters. The molecule has 1 rings (SSSR count). The summed E-state index contributed by atoms with van der Waals surface area (Å²) in [6.45, 7) is 4.66. The number of ketones is 1. The molecule has 9 nitrogen and oxygen atoms in total. The van der Waals surface area contributed by atoms with Crippen LogP contribution in [0.2, 0.25) is 0 Å². The predicted molar refractivity (Wildman–Crippen MR) is 121 cm³/mol. The van der Waals surface area contributed by atoms with E-state index in [0.29, 0.717) is 12.8 Å². The zero-order chi connectivity index (χ0) is 24.3. The van der Waals surface area contributed by atoms with E-state index in [1.165, 1.54) is 6.92 Å². The first-order chi connectivity index (χ1) is 15.0. The van der Waals surface area contributed by atoms with Gasteiger partial charge in [0.05, 0.1) is 18.3 Å². The largest absolute Gasteiger partial charge is 0.370 e. The lowest BCUT2D eigenvalue weighted by Crippen LogP contribution is -2.55. The van der Waals surface area contributed by atoms with Gasteiger partial charge < -0.3 is 21.7 Å². The minimum atomic E-state index is -1.29.